The molecule has 0 aliphatic carbocycles. The first kappa shape index (κ1) is 21.9. The molecule has 0 heterocycles. The summed E-state index contributed by atoms with van der Waals surface area (Å²) < 4.78 is 27.9. The quantitative estimate of drug-likeness (QED) is 0.480. The Morgan fingerprint density at radius 1 is 1.10 bits per heavy atom. The molecule has 11 heteroatoms. The average Bonchev–Trinajstić information content (AvgIpc) is 2.66. The molecule has 2 aromatic carbocycles. The van der Waals surface area contributed by atoms with Crippen molar-refractivity contribution in [1.82, 2.24) is 5.32 Å². The van der Waals surface area contributed by atoms with Crippen molar-refractivity contribution in [2.45, 2.75) is 24.5 Å². The minimum absolute atomic E-state index is 0.161. The molecule has 0 aliphatic rings. The number of hydrogen-bond acceptors (Lipinski definition) is 6. The number of anilines is 1. The van der Waals surface area contributed by atoms with Crippen LogP contribution >= 0.6 is 0 Å². The van der Waals surface area contributed by atoms with E-state index in [0.29, 0.717) is 0 Å². The van der Waals surface area contributed by atoms with E-state index in [4.69, 9.17) is 15.6 Å². The number of benzene rings is 2. The van der Waals surface area contributed by atoms with Crippen LogP contribution < -0.4 is 21.5 Å². The summed E-state index contributed by atoms with van der Waals surface area (Å²) in [7, 11) is -3.92. The molecule has 0 aliphatic heterocycles. The number of primary amides is 1. The predicted molar refractivity (Wildman–Crippen MR) is 104 cm³/mol. The van der Waals surface area contributed by atoms with Crippen LogP contribution in [-0.4, -0.2) is 32.4 Å². The minimum atomic E-state index is -3.92. The first-order valence-corrected chi connectivity index (χ1v) is 9.88. The van der Waals surface area contributed by atoms with Crippen LogP contribution in [0.1, 0.15) is 22.8 Å². The molecule has 0 aromatic heterocycles. The van der Waals surface area contributed by atoms with E-state index in [1.54, 1.807) is 12.1 Å². The molecule has 0 bridgehead atoms. The van der Waals surface area contributed by atoms with E-state index in [1.165, 1.54) is 43.3 Å². The number of esters is 1. The summed E-state index contributed by atoms with van der Waals surface area (Å²) in [6.07, 6.45) is -1.14. The third kappa shape index (κ3) is 6.59. The predicted octanol–water partition coefficient (Wildman–Crippen LogP) is 0.686. The molecule has 10 nitrogen and oxygen atoms in total. The van der Waals surface area contributed by atoms with E-state index in [0.717, 1.165) is 5.56 Å². The van der Waals surface area contributed by atoms with E-state index in [-0.39, 0.29) is 22.7 Å². The molecule has 1 atom stereocenters. The molecule has 3 amide bonds. The number of hydrogen-bond donors (Lipinski definition) is 4. The first-order chi connectivity index (χ1) is 13.6. The standard InChI is InChI=1S/C18H20N4O6S/c1-11(16(23)22-14-3-2-4-15(9-14)29(20,26)27)28-17(24)13-7-5-12(6-8-13)10-21-18(19)25/h2-9,11H,10H2,1H3,(H,22,23)(H3,19,21,25)(H2,20,26,27). The highest BCUT2D eigenvalue weighted by atomic mass is 32.2. The molecule has 0 spiro atoms. The molecule has 1 unspecified atom stereocenters. The molecule has 2 rings (SSSR count). The molecule has 6 N–H and O–H groups in total. The maximum absolute atomic E-state index is 12.2. The van der Waals surface area contributed by atoms with Crippen molar-refractivity contribution in [3.05, 3.63) is 59.7 Å². The highest BCUT2D eigenvalue weighted by Gasteiger charge is 2.19. The lowest BCUT2D eigenvalue weighted by molar-refractivity contribution is -0.123. The van der Waals surface area contributed by atoms with E-state index >= 15 is 0 Å². The van der Waals surface area contributed by atoms with Crippen molar-refractivity contribution in [2.75, 3.05) is 5.32 Å². The second-order valence-corrected chi connectivity index (χ2v) is 7.59. The SMILES string of the molecule is CC(OC(=O)c1ccc(CNC(N)=O)cc1)C(=O)Nc1cccc(S(N)(=O)=O)c1. The summed E-state index contributed by atoms with van der Waals surface area (Å²) in [4.78, 5) is 34.9. The first-order valence-electron chi connectivity index (χ1n) is 8.33. The van der Waals surface area contributed by atoms with Gasteiger partial charge in [0.2, 0.25) is 10.0 Å². The van der Waals surface area contributed by atoms with Crippen LogP contribution in [0.2, 0.25) is 0 Å². The molecule has 2 aromatic rings. The van der Waals surface area contributed by atoms with Crippen molar-refractivity contribution < 1.29 is 27.5 Å². The molecule has 29 heavy (non-hydrogen) atoms. The molecule has 0 saturated heterocycles. The number of nitrogens with two attached hydrogens (primary N) is 2. The number of ether oxygens (including phenoxy) is 1. The fourth-order valence-electron chi connectivity index (χ4n) is 2.22. The van der Waals surface area contributed by atoms with Gasteiger partial charge in [-0.15, -0.1) is 0 Å². The van der Waals surface area contributed by atoms with Crippen molar-refractivity contribution in [3.63, 3.8) is 0 Å². The number of carbonyl (C=O) groups excluding carboxylic acids is 3. The summed E-state index contributed by atoms with van der Waals surface area (Å²) in [5, 5.41) is 9.93. The van der Waals surface area contributed by atoms with E-state index in [9.17, 15) is 22.8 Å². The van der Waals surface area contributed by atoms with Gasteiger partial charge in [0.25, 0.3) is 5.91 Å². The summed E-state index contributed by atoms with van der Waals surface area (Å²) in [6.45, 7) is 1.59. The molecule has 154 valence electrons. The monoisotopic (exact) mass is 420 g/mol. The van der Waals surface area contributed by atoms with Crippen LogP contribution in [0.15, 0.2) is 53.4 Å². The third-order valence-electron chi connectivity index (χ3n) is 3.74. The lowest BCUT2D eigenvalue weighted by Gasteiger charge is -2.14. The number of nitrogens with one attached hydrogen (secondary N) is 2. The van der Waals surface area contributed by atoms with Gasteiger partial charge in [-0.3, -0.25) is 4.79 Å². The van der Waals surface area contributed by atoms with Crippen molar-refractivity contribution >= 4 is 33.6 Å². The zero-order chi connectivity index (χ0) is 21.6. The number of carbonyl (C=O) groups is 3. The maximum atomic E-state index is 12.2. The molecule has 0 fully saturated rings. The number of sulfonamides is 1. The lowest BCUT2D eigenvalue weighted by atomic mass is 10.1. The van der Waals surface area contributed by atoms with Crippen LogP contribution in [0.3, 0.4) is 0 Å². The Balaban J connectivity index is 1.97. The van der Waals surface area contributed by atoms with Crippen molar-refractivity contribution in [1.29, 1.82) is 0 Å². The summed E-state index contributed by atoms with van der Waals surface area (Å²) in [5.74, 6) is -1.37. The zero-order valence-electron chi connectivity index (χ0n) is 15.4. The van der Waals surface area contributed by atoms with Crippen molar-refractivity contribution in [3.8, 4) is 0 Å². The number of urea groups is 1. The highest BCUT2D eigenvalue weighted by Crippen LogP contribution is 2.15. The largest absolute Gasteiger partial charge is 0.449 e. The Kier molecular flexibility index (Phi) is 6.91. The summed E-state index contributed by atoms with van der Waals surface area (Å²) in [6, 6.07) is 10.9. The third-order valence-corrected chi connectivity index (χ3v) is 4.65. The topological polar surface area (TPSA) is 171 Å². The normalized spacial score (nSPS) is 11.9. The zero-order valence-corrected chi connectivity index (χ0v) is 16.2. The highest BCUT2D eigenvalue weighted by molar-refractivity contribution is 7.89. The Morgan fingerprint density at radius 3 is 2.34 bits per heavy atom. The van der Waals surface area contributed by atoms with E-state index in [1.807, 2.05) is 0 Å². The molecule has 0 saturated carbocycles. The van der Waals surface area contributed by atoms with Gasteiger partial charge in [0.15, 0.2) is 6.10 Å². The fourth-order valence-corrected chi connectivity index (χ4v) is 2.78. The van der Waals surface area contributed by atoms with Crippen LogP contribution in [-0.2, 0) is 26.1 Å². The number of amides is 3. The van der Waals surface area contributed by atoms with E-state index in [2.05, 4.69) is 10.6 Å². The van der Waals surface area contributed by atoms with Gasteiger partial charge in [0.05, 0.1) is 10.5 Å². The van der Waals surface area contributed by atoms with Gasteiger partial charge in [-0.05, 0) is 42.8 Å². The second kappa shape index (κ2) is 9.17. The lowest BCUT2D eigenvalue weighted by Crippen LogP contribution is -2.30. The van der Waals surface area contributed by atoms with Gasteiger partial charge in [0, 0.05) is 12.2 Å². The van der Waals surface area contributed by atoms with Gasteiger partial charge in [0.1, 0.15) is 0 Å². The Labute approximate surface area is 167 Å². The average molecular weight is 420 g/mol. The summed E-state index contributed by atoms with van der Waals surface area (Å²) >= 11 is 0. The Bertz CT molecular complexity index is 1020. The number of primary sulfonamides is 1. The molecular weight excluding hydrogens is 400 g/mol. The Morgan fingerprint density at radius 2 is 1.76 bits per heavy atom. The van der Waals surface area contributed by atoms with Crippen LogP contribution in [0, 0.1) is 0 Å². The van der Waals surface area contributed by atoms with Gasteiger partial charge in [-0.25, -0.2) is 23.1 Å². The Hall–Kier alpha value is -3.44. The second-order valence-electron chi connectivity index (χ2n) is 6.02. The van der Waals surface area contributed by atoms with Gasteiger partial charge in [-0.1, -0.05) is 18.2 Å². The fraction of sp³-hybridized carbons (Fsp3) is 0.167. The maximum Gasteiger partial charge on any atom is 0.338 e. The van der Waals surface area contributed by atoms with E-state index < -0.39 is 34.0 Å². The molecular formula is C18H20N4O6S. The van der Waals surface area contributed by atoms with Crippen LogP contribution in [0.25, 0.3) is 0 Å². The van der Waals surface area contributed by atoms with Gasteiger partial charge < -0.3 is 21.1 Å². The molecule has 0 radical (unpaired) electrons. The minimum Gasteiger partial charge on any atom is -0.449 e. The van der Waals surface area contributed by atoms with Crippen LogP contribution in [0.4, 0.5) is 10.5 Å². The smallest absolute Gasteiger partial charge is 0.338 e. The number of rotatable bonds is 7. The van der Waals surface area contributed by atoms with Gasteiger partial charge >= 0.3 is 12.0 Å². The van der Waals surface area contributed by atoms with Gasteiger partial charge in [-0.2, -0.15) is 0 Å². The van der Waals surface area contributed by atoms with Crippen LogP contribution in [0.5, 0.6) is 0 Å². The van der Waals surface area contributed by atoms with Crippen molar-refractivity contribution in [2.24, 2.45) is 10.9 Å². The summed E-state index contributed by atoms with van der Waals surface area (Å²) in [5.41, 5.74) is 6.11.